The molecular weight excluding hydrogens is 256 g/mol. The lowest BCUT2D eigenvalue weighted by Gasteiger charge is -2.56. The molecule has 1 heterocycles. The Bertz CT molecular complexity index is 421. The lowest BCUT2D eigenvalue weighted by molar-refractivity contribution is -0.165. The van der Waals surface area contributed by atoms with E-state index < -0.39 is 5.54 Å². The molecule has 0 radical (unpaired) electrons. The number of carbonyl (C=O) groups excluding carboxylic acids is 2. The summed E-state index contributed by atoms with van der Waals surface area (Å²) in [6.07, 6.45) is 2.02. The molecule has 0 aromatic carbocycles. The zero-order valence-electron chi connectivity index (χ0n) is 13.2. The largest absolute Gasteiger partial charge is 0.381 e. The maximum Gasteiger partial charge on any atom is 0.248 e. The van der Waals surface area contributed by atoms with Crippen molar-refractivity contribution < 1.29 is 14.3 Å². The summed E-state index contributed by atoms with van der Waals surface area (Å²) in [4.78, 5) is 26.6. The molecule has 114 valence electrons. The monoisotopic (exact) mass is 282 g/mol. The van der Waals surface area contributed by atoms with Gasteiger partial charge in [-0.2, -0.15) is 0 Å². The van der Waals surface area contributed by atoms with Crippen LogP contribution < -0.4 is 5.32 Å². The first-order valence-corrected chi connectivity index (χ1v) is 7.41. The van der Waals surface area contributed by atoms with E-state index in [0.29, 0.717) is 19.4 Å². The molecule has 1 N–H and O–H groups in total. The predicted octanol–water partition coefficient (Wildman–Crippen LogP) is 1.32. The molecule has 0 aromatic rings. The van der Waals surface area contributed by atoms with Gasteiger partial charge in [-0.25, -0.2) is 0 Å². The molecule has 2 fully saturated rings. The minimum Gasteiger partial charge on any atom is -0.381 e. The molecule has 3 atom stereocenters. The second-order valence-electron chi connectivity index (χ2n) is 6.78. The van der Waals surface area contributed by atoms with Gasteiger partial charge >= 0.3 is 0 Å². The zero-order valence-corrected chi connectivity index (χ0v) is 13.2. The van der Waals surface area contributed by atoms with E-state index in [0.717, 1.165) is 6.42 Å². The average molecular weight is 282 g/mol. The first-order valence-electron chi connectivity index (χ1n) is 7.41. The van der Waals surface area contributed by atoms with Crippen LogP contribution in [0.4, 0.5) is 0 Å². The number of nitrogens with zero attached hydrogens (tertiary/aromatic N) is 1. The van der Waals surface area contributed by atoms with Gasteiger partial charge in [-0.05, 0) is 19.8 Å². The molecule has 5 nitrogen and oxygen atoms in total. The summed E-state index contributed by atoms with van der Waals surface area (Å²) in [7, 11) is 1.72. The van der Waals surface area contributed by atoms with Gasteiger partial charge in [-0.1, -0.05) is 20.8 Å². The first-order chi connectivity index (χ1) is 9.26. The van der Waals surface area contributed by atoms with E-state index in [1.54, 1.807) is 7.11 Å². The number of nitrogens with one attached hydrogen (secondary N) is 1. The molecular formula is C15H26N2O3. The van der Waals surface area contributed by atoms with Gasteiger partial charge in [0.1, 0.15) is 5.54 Å². The summed E-state index contributed by atoms with van der Waals surface area (Å²) in [5.74, 6) is 0.00380. The predicted molar refractivity (Wildman–Crippen MR) is 76.2 cm³/mol. The van der Waals surface area contributed by atoms with Gasteiger partial charge in [-0.15, -0.1) is 0 Å². The van der Waals surface area contributed by atoms with Gasteiger partial charge in [0.25, 0.3) is 0 Å². The van der Waals surface area contributed by atoms with Crippen LogP contribution in [0.5, 0.6) is 0 Å². The number of carbonyl (C=O) groups is 2. The standard InChI is InChI=1S/C15H26N2O3/c1-6-15(4)13(19)17(8-7-12(18)16-15)10-9-11(20-5)14(10,2)3/h10-11H,6-9H2,1-5H3,(H,16,18). The molecule has 1 saturated heterocycles. The highest BCUT2D eigenvalue weighted by Gasteiger charge is 2.54. The van der Waals surface area contributed by atoms with Crippen molar-refractivity contribution in [3.63, 3.8) is 0 Å². The van der Waals surface area contributed by atoms with Crippen LogP contribution in [0.2, 0.25) is 0 Å². The van der Waals surface area contributed by atoms with Crippen LogP contribution in [-0.4, -0.2) is 48.1 Å². The van der Waals surface area contributed by atoms with Gasteiger partial charge in [0.2, 0.25) is 11.8 Å². The van der Waals surface area contributed by atoms with Crippen molar-refractivity contribution in [2.75, 3.05) is 13.7 Å². The summed E-state index contributed by atoms with van der Waals surface area (Å²) < 4.78 is 5.47. The second kappa shape index (κ2) is 5.02. The topological polar surface area (TPSA) is 58.6 Å². The number of ether oxygens (including phenoxy) is 1. The molecule has 1 aliphatic heterocycles. The first kappa shape index (κ1) is 15.3. The lowest BCUT2D eigenvalue weighted by atomic mass is 9.63. The van der Waals surface area contributed by atoms with E-state index in [4.69, 9.17) is 4.74 Å². The third kappa shape index (κ3) is 2.22. The third-order valence-corrected chi connectivity index (χ3v) is 5.22. The highest BCUT2D eigenvalue weighted by molar-refractivity contribution is 5.93. The summed E-state index contributed by atoms with van der Waals surface area (Å²) >= 11 is 0. The van der Waals surface area contributed by atoms with E-state index in [1.807, 2.05) is 18.7 Å². The number of hydrogen-bond acceptors (Lipinski definition) is 3. The Morgan fingerprint density at radius 2 is 2.00 bits per heavy atom. The van der Waals surface area contributed by atoms with Gasteiger partial charge in [0, 0.05) is 31.5 Å². The van der Waals surface area contributed by atoms with Crippen LogP contribution in [0.3, 0.4) is 0 Å². The van der Waals surface area contributed by atoms with E-state index in [9.17, 15) is 9.59 Å². The number of amides is 2. The van der Waals surface area contributed by atoms with Crippen molar-refractivity contribution >= 4 is 11.8 Å². The number of rotatable bonds is 3. The van der Waals surface area contributed by atoms with Crippen LogP contribution in [0.1, 0.15) is 47.0 Å². The second-order valence-corrected chi connectivity index (χ2v) is 6.78. The molecule has 0 aromatic heterocycles. The lowest BCUT2D eigenvalue weighted by Crippen LogP contribution is -2.66. The molecule has 1 saturated carbocycles. The Hall–Kier alpha value is -1.10. The number of methoxy groups -OCH3 is 1. The van der Waals surface area contributed by atoms with E-state index in [2.05, 4.69) is 19.2 Å². The van der Waals surface area contributed by atoms with Crippen molar-refractivity contribution in [1.82, 2.24) is 10.2 Å². The van der Waals surface area contributed by atoms with Gasteiger partial charge < -0.3 is 15.0 Å². The van der Waals surface area contributed by atoms with Gasteiger partial charge in [-0.3, -0.25) is 9.59 Å². The Kier molecular flexibility index (Phi) is 3.84. The maximum atomic E-state index is 12.8. The van der Waals surface area contributed by atoms with Crippen LogP contribution in [-0.2, 0) is 14.3 Å². The zero-order chi connectivity index (χ0) is 15.1. The molecule has 0 bridgehead atoms. The smallest absolute Gasteiger partial charge is 0.248 e. The molecule has 2 rings (SSSR count). The normalized spacial score (nSPS) is 37.1. The summed E-state index contributed by atoms with van der Waals surface area (Å²) in [6.45, 7) is 8.53. The van der Waals surface area contributed by atoms with E-state index in [1.165, 1.54) is 0 Å². The van der Waals surface area contributed by atoms with Crippen LogP contribution >= 0.6 is 0 Å². The highest BCUT2D eigenvalue weighted by Crippen LogP contribution is 2.46. The van der Waals surface area contributed by atoms with Crippen molar-refractivity contribution in [1.29, 1.82) is 0 Å². The SMILES string of the molecule is CCC1(C)NC(=O)CCN(C2CC(OC)C2(C)C)C1=O. The Morgan fingerprint density at radius 1 is 1.35 bits per heavy atom. The van der Waals surface area contributed by atoms with Gasteiger partial charge in [0.05, 0.1) is 6.10 Å². The summed E-state index contributed by atoms with van der Waals surface area (Å²) in [5, 5.41) is 2.88. The molecule has 20 heavy (non-hydrogen) atoms. The third-order valence-electron chi connectivity index (χ3n) is 5.22. The molecule has 2 aliphatic rings. The fourth-order valence-corrected chi connectivity index (χ4v) is 3.39. The highest BCUT2D eigenvalue weighted by atomic mass is 16.5. The Morgan fingerprint density at radius 3 is 2.50 bits per heavy atom. The summed E-state index contributed by atoms with van der Waals surface area (Å²) in [6, 6.07) is 0.151. The van der Waals surface area contributed by atoms with Crippen molar-refractivity contribution in [3.8, 4) is 0 Å². The molecule has 1 aliphatic carbocycles. The Labute approximate surface area is 121 Å². The minimum atomic E-state index is -0.776. The van der Waals surface area contributed by atoms with Crippen LogP contribution in [0.15, 0.2) is 0 Å². The molecule has 0 spiro atoms. The molecule has 2 amide bonds. The van der Waals surface area contributed by atoms with Crippen molar-refractivity contribution in [2.24, 2.45) is 5.41 Å². The fraction of sp³-hybridized carbons (Fsp3) is 0.867. The van der Waals surface area contributed by atoms with E-state index >= 15 is 0 Å². The van der Waals surface area contributed by atoms with Crippen molar-refractivity contribution in [2.45, 2.75) is 64.6 Å². The average Bonchev–Trinajstić information content (AvgIpc) is 2.50. The maximum absolute atomic E-state index is 12.8. The molecule has 5 heteroatoms. The molecule has 3 unspecified atom stereocenters. The fourth-order valence-electron chi connectivity index (χ4n) is 3.39. The van der Waals surface area contributed by atoms with E-state index in [-0.39, 0.29) is 29.4 Å². The van der Waals surface area contributed by atoms with Gasteiger partial charge in [0.15, 0.2) is 0 Å². The summed E-state index contributed by atoms with van der Waals surface area (Å²) in [5.41, 5.74) is -0.839. The van der Waals surface area contributed by atoms with Crippen molar-refractivity contribution in [3.05, 3.63) is 0 Å². The Balaban J connectivity index is 2.23. The minimum absolute atomic E-state index is 0.0365. The van der Waals surface area contributed by atoms with Crippen LogP contribution in [0, 0.1) is 5.41 Å². The number of hydrogen-bond donors (Lipinski definition) is 1. The quantitative estimate of drug-likeness (QED) is 0.849. The van der Waals surface area contributed by atoms with Crippen LogP contribution in [0.25, 0.3) is 0 Å².